The Morgan fingerprint density at radius 1 is 0.808 bits per heavy atom. The molecule has 0 amide bonds. The number of thiazole rings is 2. The first-order valence-electron chi connectivity index (χ1n) is 8.13. The molecule has 0 fully saturated rings. The van der Waals surface area contributed by atoms with Crippen LogP contribution in [0.5, 0.6) is 5.75 Å². The van der Waals surface area contributed by atoms with Gasteiger partial charge in [-0.2, -0.15) is 0 Å². The zero-order chi connectivity index (χ0) is 17.9. The molecule has 2 aromatic heterocycles. The Bertz CT molecular complexity index is 1010. The third-order valence-electron chi connectivity index (χ3n) is 3.79. The predicted octanol–water partition coefficient (Wildman–Crippen LogP) is 6.14. The zero-order valence-electron chi connectivity index (χ0n) is 14.0. The number of hydrogen-bond acceptors (Lipinski definition) is 5. The molecule has 0 spiro atoms. The van der Waals surface area contributed by atoms with Crippen molar-refractivity contribution in [3.63, 3.8) is 0 Å². The van der Waals surface area contributed by atoms with Crippen molar-refractivity contribution in [3.05, 3.63) is 65.1 Å². The largest absolute Gasteiger partial charge is 0.494 e. The minimum atomic E-state index is -0.246. The number of benzene rings is 2. The van der Waals surface area contributed by atoms with Crippen LogP contribution in [0.15, 0.2) is 59.3 Å². The fourth-order valence-electron chi connectivity index (χ4n) is 2.52. The molecule has 0 radical (unpaired) electrons. The number of ether oxygens (including phenoxy) is 1. The highest BCUT2D eigenvalue weighted by Gasteiger charge is 2.12. The van der Waals surface area contributed by atoms with E-state index in [0.29, 0.717) is 6.61 Å². The molecule has 26 heavy (non-hydrogen) atoms. The smallest absolute Gasteiger partial charge is 0.152 e. The van der Waals surface area contributed by atoms with Crippen LogP contribution in [0, 0.1) is 5.82 Å². The van der Waals surface area contributed by atoms with Crippen molar-refractivity contribution in [1.82, 2.24) is 9.97 Å². The molecule has 0 aliphatic carbocycles. The van der Waals surface area contributed by atoms with E-state index in [1.807, 2.05) is 41.9 Å². The van der Waals surface area contributed by atoms with Gasteiger partial charge in [0.25, 0.3) is 0 Å². The first-order valence-corrected chi connectivity index (χ1v) is 9.89. The molecule has 4 aromatic rings. The molecule has 6 heteroatoms. The van der Waals surface area contributed by atoms with Crippen molar-refractivity contribution in [2.45, 2.75) is 6.92 Å². The van der Waals surface area contributed by atoms with Crippen molar-refractivity contribution in [2.75, 3.05) is 6.61 Å². The monoisotopic (exact) mass is 382 g/mol. The molecule has 3 nitrogen and oxygen atoms in total. The fourth-order valence-corrected chi connectivity index (χ4v) is 4.23. The summed E-state index contributed by atoms with van der Waals surface area (Å²) in [6, 6.07) is 14.3. The Hall–Kier alpha value is -2.57. The van der Waals surface area contributed by atoms with Crippen molar-refractivity contribution in [1.29, 1.82) is 0 Å². The van der Waals surface area contributed by atoms with E-state index in [1.165, 1.54) is 12.1 Å². The molecule has 0 bridgehead atoms. The molecule has 0 aliphatic rings. The maximum absolute atomic E-state index is 13.1. The summed E-state index contributed by atoms with van der Waals surface area (Å²) in [5, 5.41) is 5.75. The summed E-state index contributed by atoms with van der Waals surface area (Å²) in [4.78, 5) is 9.36. The predicted molar refractivity (Wildman–Crippen MR) is 105 cm³/mol. The lowest BCUT2D eigenvalue weighted by molar-refractivity contribution is 0.340. The highest BCUT2D eigenvalue weighted by molar-refractivity contribution is 7.20. The second-order valence-corrected chi connectivity index (χ2v) is 7.26. The Labute approximate surface area is 158 Å². The summed E-state index contributed by atoms with van der Waals surface area (Å²) in [6.45, 7) is 2.62. The lowest BCUT2D eigenvalue weighted by atomic mass is 10.2. The number of hydrogen-bond donors (Lipinski definition) is 0. The summed E-state index contributed by atoms with van der Waals surface area (Å²) < 4.78 is 18.5. The van der Waals surface area contributed by atoms with Gasteiger partial charge in [0.2, 0.25) is 0 Å². The maximum atomic E-state index is 13.1. The van der Waals surface area contributed by atoms with Crippen LogP contribution in [0.2, 0.25) is 0 Å². The average molecular weight is 382 g/mol. The van der Waals surface area contributed by atoms with E-state index in [1.54, 1.807) is 34.8 Å². The van der Waals surface area contributed by atoms with Gasteiger partial charge in [-0.05, 0) is 55.5 Å². The van der Waals surface area contributed by atoms with Crippen LogP contribution in [0.1, 0.15) is 6.92 Å². The standard InChI is InChI=1S/C20H15FN2OS2/c1-2-24-16-9-5-14(6-10-16)18-12-26-20(23-18)19-22-17(11-25-19)13-3-7-15(21)8-4-13/h3-12H,2H2,1H3. The summed E-state index contributed by atoms with van der Waals surface area (Å²) >= 11 is 3.11. The van der Waals surface area contributed by atoms with Gasteiger partial charge in [-0.3, -0.25) is 0 Å². The van der Waals surface area contributed by atoms with E-state index in [2.05, 4.69) is 4.98 Å². The third-order valence-corrected chi connectivity index (χ3v) is 5.62. The van der Waals surface area contributed by atoms with Crippen molar-refractivity contribution in [2.24, 2.45) is 0 Å². The molecule has 0 aliphatic heterocycles. The van der Waals surface area contributed by atoms with Gasteiger partial charge in [-0.25, -0.2) is 14.4 Å². The molecule has 0 unspecified atom stereocenters. The van der Waals surface area contributed by atoms with Gasteiger partial charge in [-0.1, -0.05) is 0 Å². The van der Waals surface area contributed by atoms with Crippen molar-refractivity contribution in [3.8, 4) is 38.3 Å². The molecule has 0 saturated heterocycles. The molecule has 0 N–H and O–H groups in total. The quantitative estimate of drug-likeness (QED) is 0.416. The summed E-state index contributed by atoms with van der Waals surface area (Å²) in [5.41, 5.74) is 3.71. The minimum absolute atomic E-state index is 0.246. The SMILES string of the molecule is CCOc1ccc(-c2csc(-c3nc(-c4ccc(F)cc4)cs3)n2)cc1. The van der Waals surface area contributed by atoms with Crippen LogP contribution < -0.4 is 4.74 Å². The van der Waals surface area contributed by atoms with Crippen LogP contribution in [-0.2, 0) is 0 Å². The normalized spacial score (nSPS) is 10.8. The van der Waals surface area contributed by atoms with Crippen LogP contribution in [0.3, 0.4) is 0 Å². The molecular weight excluding hydrogens is 367 g/mol. The van der Waals surface area contributed by atoms with Crippen LogP contribution >= 0.6 is 22.7 Å². The summed E-state index contributed by atoms with van der Waals surface area (Å²) in [6.07, 6.45) is 0. The number of halogens is 1. The molecular formula is C20H15FN2OS2. The molecule has 0 atom stereocenters. The van der Waals surface area contributed by atoms with Crippen molar-refractivity contribution >= 4 is 22.7 Å². The van der Waals surface area contributed by atoms with E-state index in [4.69, 9.17) is 9.72 Å². The fraction of sp³-hybridized carbons (Fsp3) is 0.100. The third kappa shape index (κ3) is 3.52. The molecule has 2 heterocycles. The van der Waals surface area contributed by atoms with Gasteiger partial charge < -0.3 is 4.74 Å². The van der Waals surface area contributed by atoms with E-state index in [0.717, 1.165) is 38.3 Å². The highest BCUT2D eigenvalue weighted by Crippen LogP contribution is 2.33. The highest BCUT2D eigenvalue weighted by atomic mass is 32.1. The number of aromatic nitrogens is 2. The van der Waals surface area contributed by atoms with Gasteiger partial charge in [0, 0.05) is 21.9 Å². The van der Waals surface area contributed by atoms with E-state index in [9.17, 15) is 4.39 Å². The lowest BCUT2D eigenvalue weighted by Crippen LogP contribution is -1.90. The van der Waals surface area contributed by atoms with Gasteiger partial charge in [0.15, 0.2) is 10.0 Å². The summed E-state index contributed by atoms with van der Waals surface area (Å²) in [5.74, 6) is 0.611. The molecule has 130 valence electrons. The lowest BCUT2D eigenvalue weighted by Gasteiger charge is -2.03. The minimum Gasteiger partial charge on any atom is -0.494 e. The van der Waals surface area contributed by atoms with E-state index in [-0.39, 0.29) is 5.82 Å². The summed E-state index contributed by atoms with van der Waals surface area (Å²) in [7, 11) is 0. The number of nitrogens with zero attached hydrogens (tertiary/aromatic N) is 2. The van der Waals surface area contributed by atoms with Gasteiger partial charge >= 0.3 is 0 Å². The van der Waals surface area contributed by atoms with Gasteiger partial charge in [0.05, 0.1) is 18.0 Å². The second kappa shape index (κ2) is 7.35. The van der Waals surface area contributed by atoms with Crippen molar-refractivity contribution < 1.29 is 9.13 Å². The average Bonchev–Trinajstić information content (AvgIpc) is 3.33. The number of rotatable bonds is 5. The Kier molecular flexibility index (Phi) is 4.77. The first-order chi connectivity index (χ1) is 12.7. The van der Waals surface area contributed by atoms with Crippen LogP contribution in [0.25, 0.3) is 32.5 Å². The first kappa shape index (κ1) is 16.9. The maximum Gasteiger partial charge on any atom is 0.152 e. The molecule has 0 saturated carbocycles. The van der Waals surface area contributed by atoms with Crippen LogP contribution in [-0.4, -0.2) is 16.6 Å². The Morgan fingerprint density at radius 3 is 1.81 bits per heavy atom. The van der Waals surface area contributed by atoms with Gasteiger partial charge in [-0.15, -0.1) is 22.7 Å². The zero-order valence-corrected chi connectivity index (χ0v) is 15.6. The van der Waals surface area contributed by atoms with Gasteiger partial charge in [0.1, 0.15) is 11.6 Å². The second-order valence-electron chi connectivity index (χ2n) is 5.54. The van der Waals surface area contributed by atoms with E-state index < -0.39 is 0 Å². The van der Waals surface area contributed by atoms with Crippen LogP contribution in [0.4, 0.5) is 4.39 Å². The van der Waals surface area contributed by atoms with E-state index >= 15 is 0 Å². The topological polar surface area (TPSA) is 35.0 Å². The Balaban J connectivity index is 1.57. The molecule has 4 rings (SSSR count). The Morgan fingerprint density at radius 2 is 1.31 bits per heavy atom. The molecule has 2 aromatic carbocycles.